The van der Waals surface area contributed by atoms with E-state index in [2.05, 4.69) is 19.2 Å². The Morgan fingerprint density at radius 2 is 1.26 bits per heavy atom. The first-order chi connectivity index (χ1) is 16.0. The summed E-state index contributed by atoms with van der Waals surface area (Å²) in [6.45, 7) is 11.5. The van der Waals surface area contributed by atoms with E-state index in [-0.39, 0.29) is 31.6 Å². The van der Waals surface area contributed by atoms with E-state index in [0.29, 0.717) is 32.2 Å². The molecule has 8 heteroatoms. The third-order valence-corrected chi connectivity index (χ3v) is 5.80. The third-order valence-electron chi connectivity index (χ3n) is 5.80. The summed E-state index contributed by atoms with van der Waals surface area (Å²) in [5.41, 5.74) is -1.30. The molecule has 0 heterocycles. The zero-order valence-electron chi connectivity index (χ0n) is 22.2. The minimum atomic E-state index is -0.891. The SMILES string of the molecule is CCCCCC(C)(C)C(=O)OCC(COC(=O)C(C)(C)CCCCC)OC(=O)CCCNC=O. The summed E-state index contributed by atoms with van der Waals surface area (Å²) < 4.78 is 16.4. The predicted molar refractivity (Wildman–Crippen MR) is 131 cm³/mol. The largest absolute Gasteiger partial charge is 0.461 e. The number of carbonyl (C=O) groups is 4. The summed E-state index contributed by atoms with van der Waals surface area (Å²) in [6, 6.07) is 0. The van der Waals surface area contributed by atoms with Crippen LogP contribution in [0.5, 0.6) is 0 Å². The molecule has 0 aromatic carbocycles. The van der Waals surface area contributed by atoms with Crippen molar-refractivity contribution in [2.75, 3.05) is 19.8 Å². The highest BCUT2D eigenvalue weighted by Crippen LogP contribution is 2.27. The van der Waals surface area contributed by atoms with Gasteiger partial charge >= 0.3 is 17.9 Å². The molecule has 34 heavy (non-hydrogen) atoms. The number of esters is 3. The number of carbonyl (C=O) groups excluding carboxylic acids is 4. The van der Waals surface area contributed by atoms with Crippen LogP contribution in [0.15, 0.2) is 0 Å². The Kier molecular flexibility index (Phi) is 16.3. The Balaban J connectivity index is 4.97. The molecule has 1 N–H and O–H groups in total. The lowest BCUT2D eigenvalue weighted by Gasteiger charge is -2.26. The van der Waals surface area contributed by atoms with Crippen LogP contribution in [0.2, 0.25) is 0 Å². The fraction of sp³-hybridized carbons (Fsp3) is 0.846. The zero-order chi connectivity index (χ0) is 26.0. The maximum absolute atomic E-state index is 12.6. The highest BCUT2D eigenvalue weighted by molar-refractivity contribution is 5.76. The number of unbranched alkanes of at least 4 members (excludes halogenated alkanes) is 4. The van der Waals surface area contributed by atoms with Gasteiger partial charge in [-0.05, 0) is 47.0 Å². The molecule has 0 radical (unpaired) electrons. The molecule has 0 saturated carbocycles. The molecule has 0 rings (SSSR count). The van der Waals surface area contributed by atoms with Crippen molar-refractivity contribution >= 4 is 24.3 Å². The van der Waals surface area contributed by atoms with Crippen LogP contribution >= 0.6 is 0 Å². The predicted octanol–water partition coefficient (Wildman–Crippen LogP) is 4.72. The number of amides is 1. The molecular formula is C26H47NO7. The Morgan fingerprint density at radius 1 is 0.794 bits per heavy atom. The number of hydrogen-bond acceptors (Lipinski definition) is 7. The Labute approximate surface area is 205 Å². The van der Waals surface area contributed by atoms with E-state index in [1.165, 1.54) is 0 Å². The Hall–Kier alpha value is -2.12. The van der Waals surface area contributed by atoms with Gasteiger partial charge < -0.3 is 19.5 Å². The van der Waals surface area contributed by atoms with Gasteiger partial charge in [0.25, 0.3) is 0 Å². The second-order valence-electron chi connectivity index (χ2n) is 10.2. The number of nitrogens with one attached hydrogen (secondary N) is 1. The van der Waals surface area contributed by atoms with Gasteiger partial charge in [-0.15, -0.1) is 0 Å². The third kappa shape index (κ3) is 14.2. The summed E-state index contributed by atoms with van der Waals surface area (Å²) in [6.07, 6.45) is 7.64. The van der Waals surface area contributed by atoms with Crippen LogP contribution in [0.4, 0.5) is 0 Å². The first-order valence-electron chi connectivity index (χ1n) is 12.7. The van der Waals surface area contributed by atoms with Crippen molar-refractivity contribution in [2.45, 2.75) is 112 Å². The minimum absolute atomic E-state index is 0.0876. The molecule has 0 spiro atoms. The molecule has 0 unspecified atom stereocenters. The fourth-order valence-corrected chi connectivity index (χ4v) is 3.32. The summed E-state index contributed by atoms with van der Waals surface area (Å²) in [7, 11) is 0. The molecule has 0 bridgehead atoms. The van der Waals surface area contributed by atoms with E-state index in [1.807, 2.05) is 27.7 Å². The van der Waals surface area contributed by atoms with Gasteiger partial charge in [-0.25, -0.2) is 0 Å². The molecule has 0 aliphatic heterocycles. The van der Waals surface area contributed by atoms with E-state index in [0.717, 1.165) is 38.5 Å². The van der Waals surface area contributed by atoms with Crippen molar-refractivity contribution in [1.29, 1.82) is 0 Å². The van der Waals surface area contributed by atoms with Crippen LogP contribution in [-0.2, 0) is 33.4 Å². The van der Waals surface area contributed by atoms with Crippen LogP contribution in [0.3, 0.4) is 0 Å². The Morgan fingerprint density at radius 3 is 1.68 bits per heavy atom. The minimum Gasteiger partial charge on any atom is -0.461 e. The van der Waals surface area contributed by atoms with Gasteiger partial charge in [-0.3, -0.25) is 19.2 Å². The normalized spacial score (nSPS) is 11.7. The molecular weight excluding hydrogens is 438 g/mol. The lowest BCUT2D eigenvalue weighted by Crippen LogP contribution is -2.36. The van der Waals surface area contributed by atoms with Gasteiger partial charge in [0.2, 0.25) is 6.41 Å². The first-order valence-corrected chi connectivity index (χ1v) is 12.7. The van der Waals surface area contributed by atoms with Crippen molar-refractivity contribution in [1.82, 2.24) is 5.32 Å². The topological polar surface area (TPSA) is 108 Å². The molecule has 8 nitrogen and oxygen atoms in total. The van der Waals surface area contributed by atoms with Crippen LogP contribution < -0.4 is 5.32 Å². The average molecular weight is 486 g/mol. The van der Waals surface area contributed by atoms with Crippen LogP contribution in [0, 0.1) is 10.8 Å². The number of hydrogen-bond donors (Lipinski definition) is 1. The molecule has 198 valence electrons. The molecule has 0 aliphatic rings. The summed E-state index contributed by atoms with van der Waals surface area (Å²) in [4.78, 5) is 47.8. The van der Waals surface area contributed by atoms with E-state index >= 15 is 0 Å². The van der Waals surface area contributed by atoms with Crippen LogP contribution in [0.25, 0.3) is 0 Å². The molecule has 0 saturated heterocycles. The van der Waals surface area contributed by atoms with Gasteiger partial charge in [-0.2, -0.15) is 0 Å². The second-order valence-corrected chi connectivity index (χ2v) is 10.2. The van der Waals surface area contributed by atoms with Crippen LogP contribution in [-0.4, -0.2) is 50.2 Å². The molecule has 0 atom stereocenters. The van der Waals surface area contributed by atoms with Gasteiger partial charge in [0, 0.05) is 13.0 Å². The highest BCUT2D eigenvalue weighted by atomic mass is 16.6. The zero-order valence-corrected chi connectivity index (χ0v) is 22.2. The monoisotopic (exact) mass is 485 g/mol. The maximum Gasteiger partial charge on any atom is 0.311 e. The molecule has 0 fully saturated rings. The summed E-state index contributed by atoms with van der Waals surface area (Å²) in [5, 5.41) is 2.49. The number of ether oxygens (including phenoxy) is 3. The molecule has 0 aromatic rings. The second kappa shape index (κ2) is 17.3. The molecule has 1 amide bonds. The summed E-state index contributed by atoms with van der Waals surface area (Å²) >= 11 is 0. The van der Waals surface area contributed by atoms with Gasteiger partial charge in [0.1, 0.15) is 13.2 Å². The van der Waals surface area contributed by atoms with Gasteiger partial charge in [-0.1, -0.05) is 52.4 Å². The quantitative estimate of drug-likeness (QED) is 0.115. The maximum atomic E-state index is 12.6. The van der Waals surface area contributed by atoms with Crippen molar-refractivity contribution < 1.29 is 33.4 Å². The van der Waals surface area contributed by atoms with Crippen LogP contribution in [0.1, 0.15) is 106 Å². The lowest BCUT2D eigenvalue weighted by atomic mass is 9.87. The molecule has 0 aliphatic carbocycles. The van der Waals surface area contributed by atoms with Crippen molar-refractivity contribution in [2.24, 2.45) is 10.8 Å². The number of rotatable bonds is 20. The highest BCUT2D eigenvalue weighted by Gasteiger charge is 2.32. The molecule has 0 aromatic heterocycles. The van der Waals surface area contributed by atoms with Crippen molar-refractivity contribution in [3.05, 3.63) is 0 Å². The van der Waals surface area contributed by atoms with Crippen molar-refractivity contribution in [3.8, 4) is 0 Å². The van der Waals surface area contributed by atoms with Gasteiger partial charge in [0.05, 0.1) is 10.8 Å². The smallest absolute Gasteiger partial charge is 0.311 e. The Bertz CT molecular complexity index is 578. The summed E-state index contributed by atoms with van der Waals surface area (Å²) in [5.74, 6) is -1.24. The first kappa shape index (κ1) is 31.9. The standard InChI is InChI=1S/C26H47NO7/c1-7-9-11-15-25(3,4)23(30)32-18-21(34-22(29)14-13-17-27-20-28)19-33-24(31)26(5,6)16-12-10-8-2/h20-21H,7-19H2,1-6H3,(H,27,28). The van der Waals surface area contributed by atoms with Crippen molar-refractivity contribution in [3.63, 3.8) is 0 Å². The van der Waals surface area contributed by atoms with E-state index in [4.69, 9.17) is 14.2 Å². The fourth-order valence-electron chi connectivity index (χ4n) is 3.32. The van der Waals surface area contributed by atoms with E-state index in [9.17, 15) is 19.2 Å². The van der Waals surface area contributed by atoms with Gasteiger partial charge in [0.15, 0.2) is 6.10 Å². The van der Waals surface area contributed by atoms with E-state index in [1.54, 1.807) is 0 Å². The van der Waals surface area contributed by atoms with E-state index < -0.39 is 22.9 Å². The lowest BCUT2D eigenvalue weighted by molar-refractivity contribution is -0.173. The average Bonchev–Trinajstić information content (AvgIpc) is 2.78.